The van der Waals surface area contributed by atoms with Crippen molar-refractivity contribution in [3.63, 3.8) is 0 Å². The Kier molecular flexibility index (Phi) is 40.6. The molecule has 1 heterocycles. The Balaban J connectivity index is 0.000000222. The van der Waals surface area contributed by atoms with Gasteiger partial charge >= 0.3 is 51.2 Å². The van der Waals surface area contributed by atoms with Gasteiger partial charge in [-0.15, -0.1) is 34.5 Å². The summed E-state index contributed by atoms with van der Waals surface area (Å²) in [4.78, 5) is 90.3. The zero-order valence-corrected chi connectivity index (χ0v) is 76.8. The summed E-state index contributed by atoms with van der Waals surface area (Å²) >= 11 is 0. The second-order valence-corrected chi connectivity index (χ2v) is 28.5. The van der Waals surface area contributed by atoms with Gasteiger partial charge in [-0.2, -0.15) is 15.0 Å². The summed E-state index contributed by atoms with van der Waals surface area (Å²) in [6, 6.07) is 105. The molecule has 0 unspecified atom stereocenters. The van der Waals surface area contributed by atoms with Gasteiger partial charge in [0.05, 0.1) is 34.1 Å². The molecule has 0 atom stereocenters. The van der Waals surface area contributed by atoms with E-state index in [0.717, 1.165) is 0 Å². The minimum Gasteiger partial charge on any atom is -0.872 e. The standard InChI is InChI=1S/C48H33N9O9.3C20H16N2O2.3Fe/c58-40(34-10-4-1-5-11-34)43(55-61)64-37-22-16-31(17-23-37)28-49-46-52-47(50-29-32-18-24-38(25-19-32)65-44(56-62)41(59)35-12-6-2-7-13-35)54-48(53-46)51-30-33-20-26-39(27-21-33)66-45(57-63)42(60)36-14-8-3-9-15-36;3*23-19-11-5-1-7-15(19)13-21-17-9-3-4-10-18(17)22-14-16-8-2-6-12-20(16)24;;;/h1-30,61-63H;3*1-14,23-24H;;;/q;;;;3*+3/p-9/b49-28+,50-29+,51-30+,55-43+,56-44+,57-45+;;;;;;. The number of aromatic nitrogens is 3. The van der Waals surface area contributed by atoms with Crippen molar-refractivity contribution in [1.82, 2.24) is 15.0 Å². The van der Waals surface area contributed by atoms with Crippen molar-refractivity contribution in [2.24, 2.45) is 60.4 Å². The molecule has 0 aliphatic heterocycles. The van der Waals surface area contributed by atoms with Crippen LogP contribution in [0.4, 0.5) is 52.0 Å². The van der Waals surface area contributed by atoms with Crippen LogP contribution in [-0.2, 0) is 51.2 Å². The second kappa shape index (κ2) is 54.8. The van der Waals surface area contributed by atoms with Gasteiger partial charge in [-0.3, -0.25) is 59.8 Å². The van der Waals surface area contributed by atoms with Crippen molar-refractivity contribution in [3.8, 4) is 51.7 Å². The number of Topliss-reactive ketones (excluding diaryl/α,β-unsaturated/α-hetero) is 3. The van der Waals surface area contributed by atoms with E-state index in [1.54, 1.807) is 237 Å². The van der Waals surface area contributed by atoms with E-state index >= 15 is 0 Å². The zero-order chi connectivity index (χ0) is 96.4. The fourth-order valence-electron chi connectivity index (χ4n) is 12.0. The average Bonchev–Trinajstić information content (AvgIpc) is 1.11. The van der Waals surface area contributed by atoms with Gasteiger partial charge in [-0.1, -0.05) is 273 Å². The monoisotopic (exact) mass is 1990 g/mol. The summed E-state index contributed by atoms with van der Waals surface area (Å²) < 4.78 is 16.4. The number of ketones is 3. The van der Waals surface area contributed by atoms with Crippen molar-refractivity contribution >= 4 is 143 Å². The van der Waals surface area contributed by atoms with Crippen molar-refractivity contribution in [2.75, 3.05) is 0 Å². The van der Waals surface area contributed by atoms with E-state index in [-0.39, 0.29) is 137 Å². The summed E-state index contributed by atoms with van der Waals surface area (Å²) in [6.07, 6.45) is 13.5. The van der Waals surface area contributed by atoms with Gasteiger partial charge in [0, 0.05) is 72.6 Å². The van der Waals surface area contributed by atoms with E-state index in [2.05, 4.69) is 75.4 Å². The quantitative estimate of drug-likeness (QED) is 0.0152. The summed E-state index contributed by atoms with van der Waals surface area (Å²) in [6.45, 7) is 0. The van der Waals surface area contributed by atoms with E-state index in [1.807, 2.05) is 36.4 Å². The number of ether oxygens (including phenoxy) is 3. The number of benzene rings is 15. The van der Waals surface area contributed by atoms with Crippen LogP contribution in [0.15, 0.2) is 443 Å². The maximum absolute atomic E-state index is 12.7. The Morgan fingerprint density at radius 1 is 0.206 bits per heavy atom. The van der Waals surface area contributed by atoms with E-state index in [9.17, 15) is 60.6 Å². The van der Waals surface area contributed by atoms with E-state index in [4.69, 9.17) is 14.2 Å². The second-order valence-electron chi connectivity index (χ2n) is 28.5. The molecule has 0 fully saturated rings. The van der Waals surface area contributed by atoms with E-state index < -0.39 is 35.0 Å². The molecule has 30 nitrogen and oxygen atoms in total. The Morgan fingerprint density at radius 2 is 0.376 bits per heavy atom. The van der Waals surface area contributed by atoms with E-state index in [0.29, 0.717) is 84.2 Å². The number of nitrogens with zero attached hydrogens (tertiary/aromatic N) is 15. The number of para-hydroxylation sites is 12. The minimum absolute atomic E-state index is 0. The third-order valence-corrected chi connectivity index (χ3v) is 19.0. The molecule has 0 aliphatic carbocycles. The number of carbonyl (C=O) groups excluding carboxylic acids is 3. The zero-order valence-electron chi connectivity index (χ0n) is 73.5. The molecule has 0 bridgehead atoms. The number of carbonyl (C=O) groups is 3. The van der Waals surface area contributed by atoms with Crippen LogP contribution in [0.25, 0.3) is 0 Å². The van der Waals surface area contributed by atoms with Crippen molar-refractivity contribution < 1.29 is 110 Å². The number of hydrogen-bond acceptors (Lipinski definition) is 30. The van der Waals surface area contributed by atoms with Crippen LogP contribution >= 0.6 is 0 Å². The average molecular weight is 1990 g/mol. The molecule has 693 valence electrons. The molecule has 141 heavy (non-hydrogen) atoms. The topological polar surface area (TPSA) is 473 Å². The fraction of sp³-hybridized carbons (Fsp3) is 0. The van der Waals surface area contributed by atoms with E-state index in [1.165, 1.54) is 165 Å². The predicted octanol–water partition coefficient (Wildman–Crippen LogP) is 18.6. The third kappa shape index (κ3) is 31.8. The van der Waals surface area contributed by atoms with Crippen molar-refractivity contribution in [1.29, 1.82) is 0 Å². The summed E-state index contributed by atoms with van der Waals surface area (Å²) in [5.74, 6) is -4.08. The number of rotatable bonds is 27. The van der Waals surface area contributed by atoms with Crippen LogP contribution in [0.1, 0.15) is 81.1 Å². The first-order valence-electron chi connectivity index (χ1n) is 41.7. The Bertz CT molecular complexity index is 6390. The summed E-state index contributed by atoms with van der Waals surface area (Å²) in [7, 11) is 0. The van der Waals surface area contributed by atoms with Crippen LogP contribution in [-0.4, -0.2) is 106 Å². The molecule has 0 N–H and O–H groups in total. The first-order valence-corrected chi connectivity index (χ1v) is 41.7. The normalized spacial score (nSPS) is 11.4. The largest absolute Gasteiger partial charge is 3.00 e. The van der Waals surface area contributed by atoms with Gasteiger partial charge in [0.15, 0.2) is 0 Å². The fourth-order valence-corrected chi connectivity index (χ4v) is 12.0. The van der Waals surface area contributed by atoms with Gasteiger partial charge < -0.3 is 60.5 Å². The van der Waals surface area contributed by atoms with Crippen molar-refractivity contribution in [2.45, 2.75) is 0 Å². The summed E-state index contributed by atoms with van der Waals surface area (Å²) in [5, 5.41) is 113. The molecule has 15 aromatic carbocycles. The maximum Gasteiger partial charge on any atom is 3.00 e. The molecule has 1 aromatic heterocycles. The SMILES string of the molecule is O=C(/C(=N\[O-])Oc1ccc(/C=N/c2nc(/N=C/c3ccc(O/C(=N/[O-])C(=O)c4ccccc4)cc3)nc(/N=C/c3ccc(O/C(=N/[O-])C(=O)c4ccccc4)cc3)n2)cc1)c1ccccc1.[Fe+3].[Fe+3].[Fe+3].[O-]c1ccccc1C=Nc1ccccc1N=Cc1ccccc1[O-].[O-]c1ccccc1C=Nc1ccccc1N=Cc1ccccc1[O-].[O-]c1ccccc1C=Nc1ccccc1N=Cc1ccccc1[O-]. The molecule has 0 saturated heterocycles. The van der Waals surface area contributed by atoms with Crippen LogP contribution in [0.5, 0.6) is 51.7 Å². The van der Waals surface area contributed by atoms with Crippen molar-refractivity contribution in [3.05, 3.63) is 465 Å². The minimum atomic E-state index is -0.673. The Morgan fingerprint density at radius 3 is 0.553 bits per heavy atom. The third-order valence-electron chi connectivity index (χ3n) is 19.0. The first kappa shape index (κ1) is 105. The molecule has 33 heteroatoms. The van der Waals surface area contributed by atoms with Gasteiger partial charge in [-0.25, -0.2) is 15.0 Å². The Hall–Kier alpha value is -18.5. The molecule has 0 spiro atoms. The molecular weight excluding hydrogens is 1910 g/mol. The number of hydrogen-bond donors (Lipinski definition) is 0. The maximum atomic E-state index is 12.7. The van der Waals surface area contributed by atoms with Crippen LogP contribution in [0, 0.1) is 15.6 Å². The van der Waals surface area contributed by atoms with Crippen LogP contribution in [0.3, 0.4) is 0 Å². The predicted molar refractivity (Wildman–Crippen MR) is 526 cm³/mol. The number of aliphatic imine (C=N–C) groups is 9. The molecule has 0 saturated carbocycles. The molecule has 16 aromatic rings. The summed E-state index contributed by atoms with van der Waals surface area (Å²) in [5.41, 5.74) is 9.24. The molecule has 0 aliphatic rings. The van der Waals surface area contributed by atoms with Crippen LogP contribution in [0.2, 0.25) is 0 Å². The van der Waals surface area contributed by atoms with Gasteiger partial charge in [-0.05, 0) is 159 Å². The Labute approximate surface area is 839 Å². The molecule has 16 rings (SSSR count). The first-order chi connectivity index (χ1) is 67.5. The van der Waals surface area contributed by atoms with Gasteiger partial charge in [0.2, 0.25) is 17.3 Å². The molecule has 3 radical (unpaired) electrons. The smallest absolute Gasteiger partial charge is 0.872 e. The van der Waals surface area contributed by atoms with Gasteiger partial charge in [0.1, 0.15) is 17.2 Å². The van der Waals surface area contributed by atoms with Crippen LogP contribution < -0.4 is 44.8 Å². The van der Waals surface area contributed by atoms with Gasteiger partial charge in [0.25, 0.3) is 35.5 Å². The molecule has 0 amide bonds. The molecular formula is C108H72Fe3N15O15.